The van der Waals surface area contributed by atoms with Crippen molar-refractivity contribution in [3.63, 3.8) is 0 Å². The highest BCUT2D eigenvalue weighted by molar-refractivity contribution is 5.94. The van der Waals surface area contributed by atoms with Crippen molar-refractivity contribution in [2.45, 2.75) is 20.4 Å². The lowest BCUT2D eigenvalue weighted by atomic mass is 10.0. The highest BCUT2D eigenvalue weighted by Gasteiger charge is 2.25. The Labute approximate surface area is 115 Å². The number of carbonyl (C=O) groups is 1. The summed E-state index contributed by atoms with van der Waals surface area (Å²) < 4.78 is 0. The molecule has 0 unspecified atom stereocenters. The molecule has 0 saturated carbocycles. The minimum atomic E-state index is 0.126. The van der Waals surface area contributed by atoms with Crippen molar-refractivity contribution in [1.82, 2.24) is 10.2 Å². The average Bonchev–Trinajstić information content (AvgIpc) is 2.35. The van der Waals surface area contributed by atoms with Gasteiger partial charge >= 0.3 is 0 Å². The van der Waals surface area contributed by atoms with E-state index in [-0.39, 0.29) is 11.8 Å². The molecule has 2 N–H and O–H groups in total. The summed E-state index contributed by atoms with van der Waals surface area (Å²) in [5.74, 6) is 0.257. The Morgan fingerprint density at radius 1 is 1.32 bits per heavy atom. The van der Waals surface area contributed by atoms with Crippen LogP contribution < -0.4 is 10.6 Å². The molecule has 0 aliphatic carbocycles. The van der Waals surface area contributed by atoms with Gasteiger partial charge in [-0.2, -0.15) is 0 Å². The fraction of sp³-hybridized carbons (Fsp3) is 0.533. The molecular weight excluding hydrogens is 238 g/mol. The fourth-order valence-electron chi connectivity index (χ4n) is 2.18. The lowest BCUT2D eigenvalue weighted by molar-refractivity contribution is -0.121. The fourth-order valence-corrected chi connectivity index (χ4v) is 2.18. The first-order chi connectivity index (χ1) is 9.24. The summed E-state index contributed by atoms with van der Waals surface area (Å²) in [4.78, 5) is 14.4. The molecule has 1 aromatic rings. The predicted molar refractivity (Wildman–Crippen MR) is 78.1 cm³/mol. The Kier molecular flexibility index (Phi) is 4.93. The number of benzene rings is 1. The summed E-state index contributed by atoms with van der Waals surface area (Å²) in [6, 6.07) is 8.08. The van der Waals surface area contributed by atoms with E-state index in [9.17, 15) is 4.79 Å². The van der Waals surface area contributed by atoms with Crippen molar-refractivity contribution >= 4 is 11.6 Å². The first kappa shape index (κ1) is 14.0. The highest BCUT2D eigenvalue weighted by atomic mass is 16.2. The average molecular weight is 261 g/mol. The molecule has 104 valence electrons. The SMILES string of the molecule is CCN(CC)Cc1ccccc1NC(=O)C1CNC1. The number of nitrogens with one attached hydrogen (secondary N) is 2. The molecule has 1 amide bonds. The highest BCUT2D eigenvalue weighted by Crippen LogP contribution is 2.18. The summed E-state index contributed by atoms with van der Waals surface area (Å²) in [7, 11) is 0. The van der Waals surface area contributed by atoms with Gasteiger partial charge < -0.3 is 10.6 Å². The molecule has 0 radical (unpaired) electrons. The third kappa shape index (κ3) is 3.55. The normalized spacial score (nSPS) is 15.3. The van der Waals surface area contributed by atoms with Crippen LogP contribution in [0.3, 0.4) is 0 Å². The van der Waals surface area contributed by atoms with Gasteiger partial charge in [0.1, 0.15) is 0 Å². The molecule has 2 rings (SSSR count). The van der Waals surface area contributed by atoms with E-state index in [1.807, 2.05) is 18.2 Å². The van der Waals surface area contributed by atoms with Gasteiger partial charge in [-0.3, -0.25) is 9.69 Å². The molecule has 0 bridgehead atoms. The number of rotatable bonds is 6. The van der Waals surface area contributed by atoms with Crippen molar-refractivity contribution < 1.29 is 4.79 Å². The van der Waals surface area contributed by atoms with E-state index in [1.165, 1.54) is 5.56 Å². The van der Waals surface area contributed by atoms with Gasteiger partial charge in [0.2, 0.25) is 5.91 Å². The van der Waals surface area contributed by atoms with Gasteiger partial charge in [-0.05, 0) is 24.7 Å². The van der Waals surface area contributed by atoms with Crippen LogP contribution in [-0.4, -0.2) is 37.0 Å². The summed E-state index contributed by atoms with van der Waals surface area (Å²) in [6.45, 7) is 8.83. The topological polar surface area (TPSA) is 44.4 Å². The van der Waals surface area contributed by atoms with Crippen LogP contribution in [0.1, 0.15) is 19.4 Å². The number of nitrogens with zero attached hydrogens (tertiary/aromatic N) is 1. The minimum Gasteiger partial charge on any atom is -0.325 e. The van der Waals surface area contributed by atoms with Crippen LogP contribution in [0, 0.1) is 5.92 Å². The first-order valence-electron chi connectivity index (χ1n) is 7.06. The second-order valence-electron chi connectivity index (χ2n) is 4.96. The molecule has 1 aliphatic heterocycles. The first-order valence-corrected chi connectivity index (χ1v) is 7.06. The van der Waals surface area contributed by atoms with Gasteiger partial charge in [-0.15, -0.1) is 0 Å². The number of hydrogen-bond donors (Lipinski definition) is 2. The molecule has 4 heteroatoms. The largest absolute Gasteiger partial charge is 0.325 e. The molecule has 0 spiro atoms. The zero-order valence-electron chi connectivity index (χ0n) is 11.8. The minimum absolute atomic E-state index is 0.126. The van der Waals surface area contributed by atoms with E-state index in [0.717, 1.165) is 38.4 Å². The summed E-state index contributed by atoms with van der Waals surface area (Å²) in [6.07, 6.45) is 0. The summed E-state index contributed by atoms with van der Waals surface area (Å²) in [5, 5.41) is 6.18. The third-order valence-corrected chi connectivity index (χ3v) is 3.72. The van der Waals surface area contributed by atoms with Crippen molar-refractivity contribution in [2.75, 3.05) is 31.5 Å². The molecule has 1 heterocycles. The van der Waals surface area contributed by atoms with E-state index in [0.29, 0.717) is 0 Å². The van der Waals surface area contributed by atoms with E-state index < -0.39 is 0 Å². The lowest BCUT2D eigenvalue weighted by Gasteiger charge is -2.27. The van der Waals surface area contributed by atoms with Crippen LogP contribution in [0.2, 0.25) is 0 Å². The molecule has 4 nitrogen and oxygen atoms in total. The van der Waals surface area contributed by atoms with Crippen LogP contribution in [0.15, 0.2) is 24.3 Å². The molecular formula is C15H23N3O. The maximum absolute atomic E-state index is 12.0. The maximum atomic E-state index is 12.0. The smallest absolute Gasteiger partial charge is 0.230 e. The molecule has 1 fully saturated rings. The zero-order valence-corrected chi connectivity index (χ0v) is 11.8. The van der Waals surface area contributed by atoms with Crippen LogP contribution in [0.4, 0.5) is 5.69 Å². The van der Waals surface area contributed by atoms with E-state index in [1.54, 1.807) is 0 Å². The van der Waals surface area contributed by atoms with Gasteiger partial charge in [0.05, 0.1) is 5.92 Å². The molecule has 19 heavy (non-hydrogen) atoms. The van der Waals surface area contributed by atoms with Gasteiger partial charge in [-0.25, -0.2) is 0 Å². The summed E-state index contributed by atoms with van der Waals surface area (Å²) in [5.41, 5.74) is 2.14. The van der Waals surface area contributed by atoms with Crippen molar-refractivity contribution in [3.05, 3.63) is 29.8 Å². The van der Waals surface area contributed by atoms with E-state index in [2.05, 4.69) is 35.4 Å². The quantitative estimate of drug-likeness (QED) is 0.819. The number of carbonyl (C=O) groups excluding carboxylic acids is 1. The van der Waals surface area contributed by atoms with Crippen molar-refractivity contribution in [2.24, 2.45) is 5.92 Å². The predicted octanol–water partition coefficient (Wildman–Crippen LogP) is 1.69. The van der Waals surface area contributed by atoms with Crippen LogP contribution in [-0.2, 0) is 11.3 Å². The Balaban J connectivity index is 2.04. The molecule has 1 aromatic carbocycles. The Bertz CT molecular complexity index is 425. The third-order valence-electron chi connectivity index (χ3n) is 3.72. The lowest BCUT2D eigenvalue weighted by Crippen LogP contribution is -2.48. The Morgan fingerprint density at radius 3 is 2.58 bits per heavy atom. The van der Waals surface area contributed by atoms with Gasteiger partial charge in [0, 0.05) is 25.3 Å². The number of hydrogen-bond acceptors (Lipinski definition) is 3. The second-order valence-corrected chi connectivity index (χ2v) is 4.96. The van der Waals surface area contributed by atoms with Crippen LogP contribution in [0.5, 0.6) is 0 Å². The molecule has 1 aliphatic rings. The van der Waals surface area contributed by atoms with Crippen molar-refractivity contribution in [3.8, 4) is 0 Å². The molecule has 0 aromatic heterocycles. The van der Waals surface area contributed by atoms with E-state index >= 15 is 0 Å². The van der Waals surface area contributed by atoms with Crippen LogP contribution in [0.25, 0.3) is 0 Å². The number of para-hydroxylation sites is 1. The van der Waals surface area contributed by atoms with Gasteiger partial charge in [0.15, 0.2) is 0 Å². The van der Waals surface area contributed by atoms with Crippen molar-refractivity contribution in [1.29, 1.82) is 0 Å². The Morgan fingerprint density at radius 2 is 2.00 bits per heavy atom. The standard InChI is InChI=1S/C15H23N3O/c1-3-18(4-2)11-12-7-5-6-8-14(12)17-15(19)13-9-16-10-13/h5-8,13,16H,3-4,9-11H2,1-2H3,(H,17,19). The summed E-state index contributed by atoms with van der Waals surface area (Å²) >= 11 is 0. The van der Waals surface area contributed by atoms with Gasteiger partial charge in [-0.1, -0.05) is 32.0 Å². The van der Waals surface area contributed by atoms with E-state index in [4.69, 9.17) is 0 Å². The van der Waals surface area contributed by atoms with Crippen LogP contribution >= 0.6 is 0 Å². The number of anilines is 1. The second kappa shape index (κ2) is 6.68. The number of amides is 1. The zero-order chi connectivity index (χ0) is 13.7. The molecule has 0 atom stereocenters. The molecule has 1 saturated heterocycles. The Hall–Kier alpha value is -1.39. The maximum Gasteiger partial charge on any atom is 0.230 e. The monoisotopic (exact) mass is 261 g/mol. The van der Waals surface area contributed by atoms with Gasteiger partial charge in [0.25, 0.3) is 0 Å².